The maximum Gasteiger partial charge on any atom is 0.264 e. The minimum atomic E-state index is -4.07. The van der Waals surface area contributed by atoms with Crippen molar-refractivity contribution in [1.29, 1.82) is 0 Å². The number of rotatable bonds is 12. The van der Waals surface area contributed by atoms with Gasteiger partial charge in [-0.25, -0.2) is 8.42 Å². The molecule has 0 saturated carbocycles. The average Bonchev–Trinajstić information content (AvgIpc) is 2.78. The summed E-state index contributed by atoms with van der Waals surface area (Å²) in [5.41, 5.74) is 0.351. The van der Waals surface area contributed by atoms with E-state index in [9.17, 15) is 13.2 Å². The number of carbonyl (C=O) groups is 1. The summed E-state index contributed by atoms with van der Waals surface area (Å²) in [5.74, 6) is 0.919. The molecular weight excluding hydrogens is 420 g/mol. The Morgan fingerprint density at radius 1 is 1.00 bits per heavy atom. The molecule has 0 aromatic heterocycles. The number of benzene rings is 2. The highest BCUT2D eigenvalue weighted by Gasteiger charge is 2.28. The van der Waals surface area contributed by atoms with Crippen molar-refractivity contribution in [3.63, 3.8) is 0 Å². The molecule has 2 aromatic rings. The van der Waals surface area contributed by atoms with Gasteiger partial charge in [0.2, 0.25) is 5.91 Å². The Morgan fingerprint density at radius 2 is 1.68 bits per heavy atom. The first-order valence-corrected chi connectivity index (χ1v) is 11.6. The number of carbonyl (C=O) groups excluding carboxylic acids is 1. The quantitative estimate of drug-likeness (QED) is 0.499. The van der Waals surface area contributed by atoms with Gasteiger partial charge in [0.1, 0.15) is 12.3 Å². The van der Waals surface area contributed by atoms with Gasteiger partial charge in [0.05, 0.1) is 31.4 Å². The predicted octanol–water partition coefficient (Wildman–Crippen LogP) is 3.21. The second-order valence-corrected chi connectivity index (χ2v) is 8.52. The van der Waals surface area contributed by atoms with Crippen LogP contribution >= 0.6 is 0 Å². The van der Waals surface area contributed by atoms with Crippen LogP contribution in [0.1, 0.15) is 26.7 Å². The molecule has 170 valence electrons. The smallest absolute Gasteiger partial charge is 0.264 e. The summed E-state index contributed by atoms with van der Waals surface area (Å²) in [6.07, 6.45) is 1.74. The summed E-state index contributed by atoms with van der Waals surface area (Å²) < 4.78 is 43.9. The van der Waals surface area contributed by atoms with Crippen molar-refractivity contribution in [2.24, 2.45) is 0 Å². The zero-order chi connectivity index (χ0) is 22.9. The summed E-state index contributed by atoms with van der Waals surface area (Å²) in [4.78, 5) is 12.5. The second kappa shape index (κ2) is 11.5. The van der Waals surface area contributed by atoms with Gasteiger partial charge in [-0.3, -0.25) is 9.10 Å². The van der Waals surface area contributed by atoms with Crippen LogP contribution < -0.4 is 23.8 Å². The van der Waals surface area contributed by atoms with Crippen molar-refractivity contribution in [2.75, 3.05) is 38.2 Å². The third-order valence-corrected chi connectivity index (χ3v) is 6.29. The Bertz CT molecular complexity index is 960. The zero-order valence-corrected chi connectivity index (χ0v) is 19.2. The SMILES string of the molecule is CCCCNC(=O)CN(c1ccc(OCC)cc1)S(=O)(=O)c1ccc(OC)c(OC)c1. The Kier molecular flexibility index (Phi) is 8.99. The lowest BCUT2D eigenvalue weighted by Crippen LogP contribution is -2.41. The molecule has 1 N–H and O–H groups in total. The standard InChI is InChI=1S/C22H30N2O6S/c1-5-7-14-23-22(25)16-24(17-8-10-18(11-9-17)30-6-2)31(26,27)19-12-13-20(28-3)21(15-19)29-4/h8-13,15H,5-7,14,16H2,1-4H3,(H,23,25). The highest BCUT2D eigenvalue weighted by Crippen LogP contribution is 2.32. The summed E-state index contributed by atoms with van der Waals surface area (Å²) in [6, 6.07) is 10.9. The van der Waals surface area contributed by atoms with Gasteiger partial charge in [0.25, 0.3) is 10.0 Å². The van der Waals surface area contributed by atoms with E-state index >= 15 is 0 Å². The van der Waals surface area contributed by atoms with E-state index in [2.05, 4.69) is 5.32 Å². The number of hydrogen-bond acceptors (Lipinski definition) is 6. The molecule has 31 heavy (non-hydrogen) atoms. The van der Waals surface area contributed by atoms with E-state index in [1.54, 1.807) is 24.3 Å². The van der Waals surface area contributed by atoms with Crippen molar-refractivity contribution in [3.05, 3.63) is 42.5 Å². The van der Waals surface area contributed by atoms with Crippen LogP contribution in [0.15, 0.2) is 47.4 Å². The van der Waals surface area contributed by atoms with E-state index < -0.39 is 10.0 Å². The molecule has 0 heterocycles. The first kappa shape index (κ1) is 24.3. The second-order valence-electron chi connectivity index (χ2n) is 6.66. The van der Waals surface area contributed by atoms with Crippen molar-refractivity contribution >= 4 is 21.6 Å². The third kappa shape index (κ3) is 6.27. The summed E-state index contributed by atoms with van der Waals surface area (Å²) in [5, 5.41) is 2.77. The number of methoxy groups -OCH3 is 2. The first-order valence-electron chi connectivity index (χ1n) is 10.1. The number of unbranched alkanes of at least 4 members (excludes halogenated alkanes) is 1. The van der Waals surface area contributed by atoms with Crippen molar-refractivity contribution in [1.82, 2.24) is 5.32 Å². The molecule has 0 bridgehead atoms. The Morgan fingerprint density at radius 3 is 2.26 bits per heavy atom. The van der Waals surface area contributed by atoms with E-state index in [4.69, 9.17) is 14.2 Å². The summed E-state index contributed by atoms with van der Waals surface area (Å²) in [7, 11) is -1.17. The van der Waals surface area contributed by atoms with E-state index in [-0.39, 0.29) is 23.1 Å². The van der Waals surface area contributed by atoms with Gasteiger partial charge in [0, 0.05) is 12.6 Å². The van der Waals surface area contributed by atoms with Crippen LogP contribution in [0.2, 0.25) is 0 Å². The molecule has 0 aliphatic carbocycles. The molecule has 9 heteroatoms. The lowest BCUT2D eigenvalue weighted by Gasteiger charge is -2.24. The van der Waals surface area contributed by atoms with Crippen LogP contribution in [-0.2, 0) is 14.8 Å². The lowest BCUT2D eigenvalue weighted by atomic mass is 10.3. The molecule has 1 amide bonds. The van der Waals surface area contributed by atoms with Crippen LogP contribution in [0, 0.1) is 0 Å². The van der Waals surface area contributed by atoms with Gasteiger partial charge < -0.3 is 19.5 Å². The van der Waals surface area contributed by atoms with Gasteiger partial charge in [-0.2, -0.15) is 0 Å². The summed E-state index contributed by atoms with van der Waals surface area (Å²) >= 11 is 0. The normalized spacial score (nSPS) is 11.0. The third-order valence-electron chi connectivity index (χ3n) is 4.52. The van der Waals surface area contributed by atoms with E-state index in [0.29, 0.717) is 30.3 Å². The predicted molar refractivity (Wildman–Crippen MR) is 120 cm³/mol. The fourth-order valence-corrected chi connectivity index (χ4v) is 4.32. The van der Waals surface area contributed by atoms with Crippen LogP contribution in [0.4, 0.5) is 5.69 Å². The van der Waals surface area contributed by atoms with E-state index in [1.165, 1.54) is 32.4 Å². The van der Waals surface area contributed by atoms with Crippen molar-refractivity contribution < 1.29 is 27.4 Å². The maximum atomic E-state index is 13.5. The highest BCUT2D eigenvalue weighted by atomic mass is 32.2. The largest absolute Gasteiger partial charge is 0.494 e. The molecular formula is C22H30N2O6S. The van der Waals surface area contributed by atoms with Crippen molar-refractivity contribution in [2.45, 2.75) is 31.6 Å². The van der Waals surface area contributed by atoms with Gasteiger partial charge >= 0.3 is 0 Å². The molecule has 0 spiro atoms. The van der Waals surface area contributed by atoms with Crippen LogP contribution in [-0.4, -0.2) is 48.2 Å². The number of ether oxygens (including phenoxy) is 3. The van der Waals surface area contributed by atoms with Crippen LogP contribution in [0.5, 0.6) is 17.2 Å². The molecule has 2 rings (SSSR count). The van der Waals surface area contributed by atoms with Gasteiger partial charge in [-0.1, -0.05) is 13.3 Å². The maximum absolute atomic E-state index is 13.5. The van der Waals surface area contributed by atoms with Gasteiger partial charge in [-0.15, -0.1) is 0 Å². The number of hydrogen-bond donors (Lipinski definition) is 1. The average molecular weight is 451 g/mol. The van der Waals surface area contributed by atoms with Gasteiger partial charge in [-0.05, 0) is 49.7 Å². The fraction of sp³-hybridized carbons (Fsp3) is 0.409. The number of amides is 1. The topological polar surface area (TPSA) is 94.2 Å². The monoisotopic (exact) mass is 450 g/mol. The molecule has 0 aliphatic heterocycles. The van der Waals surface area contributed by atoms with Crippen molar-refractivity contribution in [3.8, 4) is 17.2 Å². The fourth-order valence-electron chi connectivity index (χ4n) is 2.89. The Hall–Kier alpha value is -2.94. The summed E-state index contributed by atoms with van der Waals surface area (Å²) in [6.45, 7) is 4.51. The van der Waals surface area contributed by atoms with Crippen LogP contribution in [0.3, 0.4) is 0 Å². The molecule has 0 atom stereocenters. The minimum Gasteiger partial charge on any atom is -0.494 e. The highest BCUT2D eigenvalue weighted by molar-refractivity contribution is 7.92. The molecule has 0 aliphatic rings. The molecule has 0 fully saturated rings. The number of anilines is 1. The van der Waals surface area contributed by atoms with Crippen LogP contribution in [0.25, 0.3) is 0 Å². The first-order chi connectivity index (χ1) is 14.9. The molecule has 0 saturated heterocycles. The number of nitrogens with zero attached hydrogens (tertiary/aromatic N) is 1. The Labute approximate surface area is 184 Å². The van der Waals surface area contributed by atoms with Gasteiger partial charge in [0.15, 0.2) is 11.5 Å². The number of nitrogens with one attached hydrogen (secondary N) is 1. The minimum absolute atomic E-state index is 0.0135. The van der Waals surface area contributed by atoms with E-state index in [0.717, 1.165) is 17.1 Å². The zero-order valence-electron chi connectivity index (χ0n) is 18.4. The molecule has 0 unspecified atom stereocenters. The number of sulfonamides is 1. The molecule has 2 aromatic carbocycles. The lowest BCUT2D eigenvalue weighted by molar-refractivity contribution is -0.119. The Balaban J connectivity index is 2.43. The molecule has 8 nitrogen and oxygen atoms in total. The van der Waals surface area contributed by atoms with E-state index in [1.807, 2.05) is 13.8 Å². The molecule has 0 radical (unpaired) electrons.